The molecular weight excluding hydrogens is 482 g/mol. The van der Waals surface area contributed by atoms with Crippen molar-refractivity contribution in [2.24, 2.45) is 0 Å². The largest absolute Gasteiger partial charge is 0.465 e. The van der Waals surface area contributed by atoms with Crippen molar-refractivity contribution in [3.05, 3.63) is 124 Å². The van der Waals surface area contributed by atoms with Gasteiger partial charge in [0.1, 0.15) is 11.2 Å². The van der Waals surface area contributed by atoms with Gasteiger partial charge in [-0.1, -0.05) is 48.5 Å². The molecule has 0 aliphatic carbocycles. The van der Waals surface area contributed by atoms with Crippen molar-refractivity contribution in [3.8, 4) is 5.69 Å². The molecule has 0 atom stereocenters. The van der Waals surface area contributed by atoms with Gasteiger partial charge >= 0.3 is 12.0 Å². The van der Waals surface area contributed by atoms with Crippen LogP contribution < -0.4 is 16.2 Å². The summed E-state index contributed by atoms with van der Waals surface area (Å²) in [5.74, 6) is -0.564. The molecule has 5 aromatic rings. The van der Waals surface area contributed by atoms with Crippen molar-refractivity contribution < 1.29 is 14.3 Å². The number of carbonyl (C=O) groups excluding carboxylic acids is 2. The van der Waals surface area contributed by atoms with E-state index < -0.39 is 12.0 Å². The number of hydrogen-bond donors (Lipinski definition) is 2. The molecule has 0 unspecified atom stereocenters. The van der Waals surface area contributed by atoms with Gasteiger partial charge in [0, 0.05) is 18.3 Å². The predicted octanol–water partition coefficient (Wildman–Crippen LogP) is 4.80. The quantitative estimate of drug-likeness (QED) is 0.320. The van der Waals surface area contributed by atoms with Gasteiger partial charge in [-0.2, -0.15) is 0 Å². The molecule has 2 amide bonds. The monoisotopic (exact) mass is 505 g/mol. The summed E-state index contributed by atoms with van der Waals surface area (Å²) in [5, 5.41) is 5.42. The molecule has 2 heterocycles. The summed E-state index contributed by atoms with van der Waals surface area (Å²) in [6.45, 7) is 0. The van der Waals surface area contributed by atoms with Crippen molar-refractivity contribution in [1.29, 1.82) is 0 Å². The van der Waals surface area contributed by atoms with Crippen LogP contribution in [-0.4, -0.2) is 33.6 Å². The Kier molecular flexibility index (Phi) is 6.90. The molecule has 188 valence electrons. The number of carbonyl (C=O) groups is 2. The Balaban J connectivity index is 1.48. The Bertz CT molecular complexity index is 1700. The van der Waals surface area contributed by atoms with E-state index in [2.05, 4.69) is 20.6 Å². The van der Waals surface area contributed by atoms with Gasteiger partial charge in [-0.15, -0.1) is 0 Å². The van der Waals surface area contributed by atoms with Crippen molar-refractivity contribution in [2.75, 3.05) is 17.7 Å². The van der Waals surface area contributed by atoms with Gasteiger partial charge in [-0.05, 0) is 48.0 Å². The number of anilines is 2. The zero-order chi connectivity index (χ0) is 26.5. The molecular formula is C29H23N5O4. The van der Waals surface area contributed by atoms with Crippen LogP contribution in [0.4, 0.5) is 16.2 Å². The molecule has 9 nitrogen and oxygen atoms in total. The molecule has 38 heavy (non-hydrogen) atoms. The molecule has 0 radical (unpaired) electrons. The number of fused-ring (bicyclic) bond motifs is 1. The first-order valence-electron chi connectivity index (χ1n) is 11.8. The number of aromatic nitrogens is 3. The van der Waals surface area contributed by atoms with Gasteiger partial charge in [0.2, 0.25) is 0 Å². The smallest absolute Gasteiger partial charge is 0.339 e. The minimum Gasteiger partial charge on any atom is -0.465 e. The highest BCUT2D eigenvalue weighted by atomic mass is 16.5. The van der Waals surface area contributed by atoms with Crippen molar-refractivity contribution in [2.45, 2.75) is 6.42 Å². The number of rotatable bonds is 6. The number of urea groups is 1. The minimum absolute atomic E-state index is 0.228. The van der Waals surface area contributed by atoms with Crippen LogP contribution in [0.15, 0.2) is 102 Å². The Hall–Kier alpha value is -5.31. The molecule has 0 aliphatic rings. The average Bonchev–Trinajstić information content (AvgIpc) is 2.94. The van der Waals surface area contributed by atoms with Crippen molar-refractivity contribution in [3.63, 3.8) is 0 Å². The number of hydrogen-bond acceptors (Lipinski definition) is 6. The Labute approximate surface area is 217 Å². The number of ether oxygens (including phenoxy) is 1. The topological polar surface area (TPSA) is 115 Å². The first kappa shape index (κ1) is 24.4. The fourth-order valence-electron chi connectivity index (χ4n) is 4.10. The van der Waals surface area contributed by atoms with Gasteiger partial charge in [0.25, 0.3) is 5.56 Å². The van der Waals surface area contributed by atoms with E-state index in [1.807, 2.05) is 30.3 Å². The summed E-state index contributed by atoms with van der Waals surface area (Å²) in [6, 6.07) is 26.1. The number of nitrogens with one attached hydrogen (secondary N) is 2. The fraction of sp³-hybridized carbons (Fsp3) is 0.0690. The summed E-state index contributed by atoms with van der Waals surface area (Å²) >= 11 is 0. The third-order valence-corrected chi connectivity index (χ3v) is 5.84. The second-order valence-corrected chi connectivity index (χ2v) is 8.37. The van der Waals surface area contributed by atoms with Crippen LogP contribution in [0.3, 0.4) is 0 Å². The maximum atomic E-state index is 13.6. The van der Waals surface area contributed by atoms with Crippen LogP contribution in [0, 0.1) is 0 Å². The van der Waals surface area contributed by atoms with Crippen LogP contribution in [0.25, 0.3) is 16.9 Å². The van der Waals surface area contributed by atoms with Gasteiger partial charge in [0.15, 0.2) is 5.65 Å². The highest BCUT2D eigenvalue weighted by molar-refractivity contribution is 6.05. The first-order valence-corrected chi connectivity index (χ1v) is 11.8. The van der Waals surface area contributed by atoms with E-state index in [9.17, 15) is 14.4 Å². The van der Waals surface area contributed by atoms with Crippen LogP contribution in [0.2, 0.25) is 0 Å². The number of benzene rings is 3. The molecule has 2 N–H and O–H groups in total. The Morgan fingerprint density at radius 1 is 0.895 bits per heavy atom. The number of esters is 1. The summed E-state index contributed by atoms with van der Waals surface area (Å²) in [5.41, 5.74) is 3.52. The molecule has 0 fully saturated rings. The zero-order valence-electron chi connectivity index (χ0n) is 20.4. The van der Waals surface area contributed by atoms with E-state index in [-0.39, 0.29) is 11.1 Å². The molecule has 0 aliphatic heterocycles. The predicted molar refractivity (Wildman–Crippen MR) is 145 cm³/mol. The normalized spacial score (nSPS) is 10.7. The number of amides is 2. The summed E-state index contributed by atoms with van der Waals surface area (Å²) in [7, 11) is 1.27. The van der Waals surface area contributed by atoms with Crippen LogP contribution >= 0.6 is 0 Å². The average molecular weight is 506 g/mol. The lowest BCUT2D eigenvalue weighted by Gasteiger charge is -2.14. The second kappa shape index (κ2) is 10.8. The molecule has 5 rings (SSSR count). The van der Waals surface area contributed by atoms with Gasteiger partial charge in [-0.25, -0.2) is 19.6 Å². The number of para-hydroxylation sites is 1. The molecule has 0 saturated carbocycles. The number of nitrogens with zero attached hydrogens (tertiary/aromatic N) is 3. The highest BCUT2D eigenvalue weighted by Crippen LogP contribution is 2.20. The summed E-state index contributed by atoms with van der Waals surface area (Å²) < 4.78 is 6.28. The summed E-state index contributed by atoms with van der Waals surface area (Å²) in [6.07, 6.45) is 1.97. The maximum absolute atomic E-state index is 13.6. The van der Waals surface area contributed by atoms with E-state index in [0.717, 1.165) is 5.56 Å². The lowest BCUT2D eigenvalue weighted by molar-refractivity contribution is 0.0602. The SMILES string of the molecule is COC(=O)c1ccccc1NC(=O)Nc1cccc(-n2c(=O)c(Cc3ccccc3)nc3cccnc32)c1. The molecule has 3 aromatic carbocycles. The van der Waals surface area contributed by atoms with E-state index in [1.165, 1.54) is 11.7 Å². The third-order valence-electron chi connectivity index (χ3n) is 5.84. The second-order valence-electron chi connectivity index (χ2n) is 8.37. The lowest BCUT2D eigenvalue weighted by atomic mass is 10.1. The molecule has 0 saturated heterocycles. The van der Waals surface area contributed by atoms with Crippen LogP contribution in [0.1, 0.15) is 21.6 Å². The van der Waals surface area contributed by atoms with Crippen molar-refractivity contribution in [1.82, 2.24) is 14.5 Å². The molecule has 0 spiro atoms. The Morgan fingerprint density at radius 3 is 2.50 bits per heavy atom. The first-order chi connectivity index (χ1) is 18.5. The Morgan fingerprint density at radius 2 is 1.68 bits per heavy atom. The minimum atomic E-state index is -0.564. The van der Waals surface area contributed by atoms with Crippen LogP contribution in [0.5, 0.6) is 0 Å². The highest BCUT2D eigenvalue weighted by Gasteiger charge is 2.16. The fourth-order valence-corrected chi connectivity index (χ4v) is 4.10. The van der Waals surface area contributed by atoms with Crippen molar-refractivity contribution >= 4 is 34.5 Å². The number of methoxy groups -OCH3 is 1. The van der Waals surface area contributed by atoms with E-state index in [4.69, 9.17) is 4.74 Å². The molecule has 0 bridgehead atoms. The third kappa shape index (κ3) is 5.12. The number of pyridine rings is 1. The van der Waals surface area contributed by atoms with Gasteiger partial charge in [-0.3, -0.25) is 9.36 Å². The van der Waals surface area contributed by atoms with Gasteiger partial charge in [0.05, 0.1) is 24.0 Å². The van der Waals surface area contributed by atoms with Gasteiger partial charge < -0.3 is 15.4 Å². The standard InChI is InChI=1S/C29H23N5O4/c1-38-28(36)22-13-5-6-14-23(22)33-29(37)31-20-11-7-12-21(18-20)34-26-24(15-8-16-30-26)32-25(27(34)35)17-19-9-3-2-4-10-19/h2-16,18H,17H2,1H3,(H2,31,33,37). The lowest BCUT2D eigenvalue weighted by Crippen LogP contribution is -2.26. The van der Waals surface area contributed by atoms with E-state index in [1.54, 1.807) is 66.9 Å². The zero-order valence-corrected chi connectivity index (χ0v) is 20.4. The maximum Gasteiger partial charge on any atom is 0.339 e. The van der Waals surface area contributed by atoms with Crippen LogP contribution in [-0.2, 0) is 11.2 Å². The van der Waals surface area contributed by atoms with E-state index in [0.29, 0.717) is 40.3 Å². The molecule has 9 heteroatoms. The molecule has 2 aromatic heterocycles. The van der Waals surface area contributed by atoms with E-state index >= 15 is 0 Å². The summed E-state index contributed by atoms with van der Waals surface area (Å²) in [4.78, 5) is 47.4.